The van der Waals surface area contributed by atoms with Gasteiger partial charge in [0.05, 0.1) is 31.0 Å². The maximum Gasteiger partial charge on any atom is 0.165 e. The Kier molecular flexibility index (Phi) is 9.56. The Morgan fingerprint density at radius 1 is 0.580 bits per heavy atom. The number of phenolic OH excluding ortho intramolecular Hbond substituents is 1. The SMILES string of the molecule is CC(C)(C)[C@@](C)(O)[C@H]1C[C@@]23CC[C@]1(CO)[C@@H]1Oc4c(CO)ccc5c4[C@@]12CCN(CC1CC1)[C@@H]3C5.CC(C)(C)[C@@](C)(O)[C@H]1C[C@@]23CC[C@]1(CO)[C@@H]1Oc4c(O)ccc5c4[C@@]12CCN(CC1CC1)[C@@H]3C5. The van der Waals surface area contributed by atoms with Crippen LogP contribution < -0.4 is 9.47 Å². The van der Waals surface area contributed by atoms with Crippen molar-refractivity contribution in [2.75, 3.05) is 39.4 Å². The Morgan fingerprint density at radius 3 is 1.43 bits per heavy atom. The minimum Gasteiger partial charge on any atom is -0.504 e. The molecule has 0 radical (unpaired) electrons. The van der Waals surface area contributed by atoms with Gasteiger partial charge in [0.2, 0.25) is 0 Å². The van der Waals surface area contributed by atoms with Crippen LogP contribution in [0.25, 0.3) is 0 Å². The number of rotatable bonds is 9. The fraction of sp³-hybridized carbons (Fsp3) is 0.797. The third-order valence-electron chi connectivity index (χ3n) is 24.3. The van der Waals surface area contributed by atoms with Crippen LogP contribution in [0.3, 0.4) is 0 Å². The van der Waals surface area contributed by atoms with Gasteiger partial charge in [-0.1, -0.05) is 59.7 Å². The van der Waals surface area contributed by atoms with Crippen LogP contribution in [0.2, 0.25) is 0 Å². The minimum atomic E-state index is -0.944. The summed E-state index contributed by atoms with van der Waals surface area (Å²) < 4.78 is 13.9. The molecule has 16 rings (SSSR count). The quantitative estimate of drug-likeness (QED) is 0.147. The van der Waals surface area contributed by atoms with E-state index in [0.29, 0.717) is 17.8 Å². The van der Waals surface area contributed by atoms with Crippen molar-refractivity contribution < 1.29 is 40.1 Å². The van der Waals surface area contributed by atoms with Gasteiger partial charge in [0.1, 0.15) is 18.0 Å². The second kappa shape index (κ2) is 14.2. The molecule has 2 aromatic carbocycles. The molecule has 2 aromatic rings. The van der Waals surface area contributed by atoms with Crippen LogP contribution in [0.5, 0.6) is 17.2 Å². The average molecular weight is 949 g/mol. The Balaban J connectivity index is 0.000000136. The molecule has 4 spiro atoms. The maximum absolute atomic E-state index is 12.2. The van der Waals surface area contributed by atoms with Gasteiger partial charge in [-0.2, -0.15) is 0 Å². The van der Waals surface area contributed by atoms with E-state index in [2.05, 4.69) is 69.5 Å². The van der Waals surface area contributed by atoms with Crippen LogP contribution in [0.4, 0.5) is 0 Å². The molecule has 69 heavy (non-hydrogen) atoms. The Hall–Kier alpha value is -2.44. The van der Waals surface area contributed by atoms with Crippen molar-refractivity contribution in [3.8, 4) is 17.2 Å². The lowest BCUT2D eigenvalue weighted by atomic mass is 9.31. The zero-order valence-electron chi connectivity index (χ0n) is 43.2. The predicted molar refractivity (Wildman–Crippen MR) is 264 cm³/mol. The molecule has 378 valence electrons. The molecule has 8 bridgehead atoms. The van der Waals surface area contributed by atoms with E-state index in [1.165, 1.54) is 61.0 Å². The van der Waals surface area contributed by atoms with E-state index >= 15 is 0 Å². The van der Waals surface area contributed by atoms with Gasteiger partial charge in [-0.15, -0.1) is 0 Å². The highest BCUT2D eigenvalue weighted by Gasteiger charge is 2.83. The number of aliphatic hydroxyl groups is 5. The first kappa shape index (κ1) is 46.4. The van der Waals surface area contributed by atoms with Crippen LogP contribution >= 0.6 is 0 Å². The van der Waals surface area contributed by atoms with Gasteiger partial charge in [-0.05, 0) is 169 Å². The molecule has 8 saturated carbocycles. The summed E-state index contributed by atoms with van der Waals surface area (Å²) in [5, 5.41) is 67.9. The van der Waals surface area contributed by atoms with E-state index in [1.807, 2.05) is 19.9 Å². The summed E-state index contributed by atoms with van der Waals surface area (Å²) in [6, 6.07) is 9.17. The van der Waals surface area contributed by atoms with Gasteiger partial charge >= 0.3 is 0 Å². The maximum atomic E-state index is 12.2. The minimum absolute atomic E-state index is 0.00762. The Bertz CT molecular complexity index is 2470. The normalized spacial score (nSPS) is 43.4. The summed E-state index contributed by atoms with van der Waals surface area (Å²) in [5.74, 6) is 3.42. The smallest absolute Gasteiger partial charge is 0.165 e. The van der Waals surface area contributed by atoms with Gasteiger partial charge in [0, 0.05) is 74.4 Å². The van der Waals surface area contributed by atoms with Gasteiger partial charge < -0.3 is 40.1 Å². The number of nitrogens with zero attached hydrogens (tertiary/aromatic N) is 2. The molecule has 4 aliphatic heterocycles. The number of hydrogen-bond acceptors (Lipinski definition) is 10. The van der Waals surface area contributed by atoms with E-state index in [-0.39, 0.29) is 82.1 Å². The monoisotopic (exact) mass is 949 g/mol. The molecule has 10 aliphatic carbocycles. The number of likely N-dealkylation sites (tertiary alicyclic amines) is 2. The van der Waals surface area contributed by atoms with Crippen molar-refractivity contribution in [3.05, 3.63) is 52.1 Å². The second-order valence-electron chi connectivity index (χ2n) is 28.4. The van der Waals surface area contributed by atoms with Crippen LogP contribution in [-0.2, 0) is 30.3 Å². The van der Waals surface area contributed by atoms with E-state index in [9.17, 15) is 30.6 Å². The third-order valence-corrected chi connectivity index (χ3v) is 24.3. The number of piperidine rings is 2. The highest BCUT2D eigenvalue weighted by Crippen LogP contribution is 2.81. The van der Waals surface area contributed by atoms with E-state index in [4.69, 9.17) is 9.47 Å². The first-order chi connectivity index (χ1) is 32.6. The van der Waals surface area contributed by atoms with Gasteiger partial charge in [0.15, 0.2) is 11.5 Å². The molecule has 4 heterocycles. The topological polar surface area (TPSA) is 146 Å². The van der Waals surface area contributed by atoms with E-state index in [1.54, 1.807) is 0 Å². The number of aliphatic hydroxyl groups excluding tert-OH is 3. The highest BCUT2D eigenvalue weighted by molar-refractivity contribution is 5.64. The number of hydrogen-bond donors (Lipinski definition) is 6. The largest absolute Gasteiger partial charge is 0.504 e. The van der Waals surface area contributed by atoms with Crippen LogP contribution in [-0.4, -0.2) is 115 Å². The lowest BCUT2D eigenvalue weighted by Gasteiger charge is -2.76. The fourth-order valence-electron chi connectivity index (χ4n) is 19.7. The zero-order valence-corrected chi connectivity index (χ0v) is 43.2. The molecule has 6 N–H and O–H groups in total. The second-order valence-corrected chi connectivity index (χ2v) is 28.4. The first-order valence-corrected chi connectivity index (χ1v) is 27.7. The summed E-state index contributed by atoms with van der Waals surface area (Å²) in [6.45, 7) is 21.4. The summed E-state index contributed by atoms with van der Waals surface area (Å²) in [4.78, 5) is 5.62. The molecule has 10 nitrogen and oxygen atoms in total. The molecule has 2 saturated heterocycles. The van der Waals surface area contributed by atoms with E-state index in [0.717, 1.165) is 100 Å². The predicted octanol–water partition coefficient (Wildman–Crippen LogP) is 7.80. The fourth-order valence-corrected chi connectivity index (χ4v) is 19.7. The van der Waals surface area contributed by atoms with Crippen molar-refractivity contribution in [2.45, 2.75) is 198 Å². The van der Waals surface area contributed by atoms with Crippen molar-refractivity contribution in [2.24, 2.45) is 56.2 Å². The van der Waals surface area contributed by atoms with Crippen molar-refractivity contribution in [1.82, 2.24) is 9.80 Å². The summed E-state index contributed by atoms with van der Waals surface area (Å²) in [7, 11) is 0. The molecular weight excluding hydrogens is 865 g/mol. The summed E-state index contributed by atoms with van der Waals surface area (Å²) in [6.07, 6.45) is 15.1. The summed E-state index contributed by atoms with van der Waals surface area (Å²) >= 11 is 0. The Labute approximate surface area is 411 Å². The highest BCUT2D eigenvalue weighted by atomic mass is 16.5. The molecule has 10 heteroatoms. The Morgan fingerprint density at radius 2 is 1.01 bits per heavy atom. The average Bonchev–Trinajstić information content (AvgIpc) is 4.24. The van der Waals surface area contributed by atoms with Gasteiger partial charge in [-0.3, -0.25) is 9.80 Å². The van der Waals surface area contributed by atoms with Crippen molar-refractivity contribution >= 4 is 0 Å². The molecule has 0 unspecified atom stereocenters. The van der Waals surface area contributed by atoms with Crippen molar-refractivity contribution in [1.29, 1.82) is 0 Å². The molecule has 14 aliphatic rings. The molecular formula is C59H84N2O8. The lowest BCUT2D eigenvalue weighted by molar-refractivity contribution is -0.289. The van der Waals surface area contributed by atoms with Crippen LogP contribution in [0, 0.1) is 56.2 Å². The first-order valence-electron chi connectivity index (χ1n) is 27.7. The van der Waals surface area contributed by atoms with Gasteiger partial charge in [0.25, 0.3) is 0 Å². The number of phenols is 1. The standard InChI is InChI=1S/C30H43NO4.C29H41NO4/c1-26(2,3)27(4,34)21-14-29-10-9-28(21,17-33)25-30(29)11-12-31(15-18-5-6-18)22(29)13-19-7-8-20(16-32)24(35-25)23(19)30;1-25(2,3)26(4,33)20-14-28-10-9-27(20,16-31)24-29(28)11-12-30(15-17-5-6-17)21(28)13-18-7-8-19(32)23(34-24)22(18)29/h7-8,18,21-22,25,32-34H,5-6,9-17H2,1-4H3;7-8,17,20-21,24,31-33H,5-6,9-16H2,1-4H3/t21-,22-,25+,27+,28-,29-,30+;20-,21-,24+,26+,27-,28-,29+/m11/s1. The molecule has 14 atom stereocenters. The molecule has 0 aromatic heterocycles. The number of fused-ring (bicyclic) bond motifs is 4. The van der Waals surface area contributed by atoms with Crippen molar-refractivity contribution in [3.63, 3.8) is 0 Å². The van der Waals surface area contributed by atoms with Crippen LogP contribution in [0.15, 0.2) is 24.3 Å². The number of aromatic hydroxyl groups is 1. The lowest BCUT2D eigenvalue weighted by Crippen LogP contribution is -2.81. The zero-order chi connectivity index (χ0) is 48.5. The number of ether oxygens (including phenoxy) is 2. The van der Waals surface area contributed by atoms with Gasteiger partial charge in [-0.25, -0.2) is 0 Å². The molecule has 10 fully saturated rings. The third kappa shape index (κ3) is 5.40. The number of benzene rings is 2. The van der Waals surface area contributed by atoms with E-state index < -0.39 is 22.0 Å². The summed E-state index contributed by atoms with van der Waals surface area (Å²) in [5.41, 5.74) is 2.47. The van der Waals surface area contributed by atoms with Crippen LogP contribution in [0.1, 0.15) is 160 Å². The molecule has 0 amide bonds.